The summed E-state index contributed by atoms with van der Waals surface area (Å²) < 4.78 is 1.13. The zero-order valence-corrected chi connectivity index (χ0v) is 16.9. The van der Waals surface area contributed by atoms with E-state index in [4.69, 9.17) is 5.73 Å². The SMILES string of the molecule is CCCC[N+]1(CCCC)C=CC(c2ccc(-c3ccc(N)cc3)s2)=CC1. The van der Waals surface area contributed by atoms with Crippen molar-refractivity contribution in [2.24, 2.45) is 0 Å². The second-order valence-corrected chi connectivity index (χ2v) is 8.40. The molecule has 1 aromatic heterocycles. The van der Waals surface area contributed by atoms with Crippen LogP contribution in [0.15, 0.2) is 54.8 Å². The van der Waals surface area contributed by atoms with Gasteiger partial charge in [-0.3, -0.25) is 4.48 Å². The highest BCUT2D eigenvalue weighted by atomic mass is 32.1. The fourth-order valence-electron chi connectivity index (χ4n) is 3.52. The molecule has 3 heteroatoms. The molecule has 2 heterocycles. The van der Waals surface area contributed by atoms with Crippen molar-refractivity contribution < 1.29 is 4.48 Å². The van der Waals surface area contributed by atoms with Crippen LogP contribution in [0.4, 0.5) is 5.69 Å². The van der Waals surface area contributed by atoms with E-state index in [0.29, 0.717) is 0 Å². The highest BCUT2D eigenvalue weighted by molar-refractivity contribution is 7.16. The lowest BCUT2D eigenvalue weighted by molar-refractivity contribution is -0.874. The molecule has 0 saturated heterocycles. The smallest absolute Gasteiger partial charge is 0.102 e. The quantitative estimate of drug-likeness (QED) is 0.428. The molecule has 3 rings (SSSR count). The number of hydrogen-bond donors (Lipinski definition) is 1. The molecule has 26 heavy (non-hydrogen) atoms. The molecule has 0 amide bonds. The number of unbranched alkanes of at least 4 members (excludes halogenated alkanes) is 2. The second kappa shape index (κ2) is 8.70. The molecular weight excluding hydrogens is 336 g/mol. The minimum absolute atomic E-state index is 0.816. The Morgan fingerprint density at radius 1 is 0.923 bits per heavy atom. The van der Waals surface area contributed by atoms with E-state index in [9.17, 15) is 0 Å². The average molecular weight is 368 g/mol. The molecule has 1 aliphatic rings. The lowest BCUT2D eigenvalue weighted by Gasteiger charge is -2.36. The summed E-state index contributed by atoms with van der Waals surface area (Å²) in [5.74, 6) is 0. The Kier molecular flexibility index (Phi) is 6.33. The number of nitrogen functional groups attached to an aromatic ring is 1. The maximum absolute atomic E-state index is 5.80. The summed E-state index contributed by atoms with van der Waals surface area (Å²) in [5.41, 5.74) is 9.24. The molecule has 0 aliphatic carbocycles. The summed E-state index contributed by atoms with van der Waals surface area (Å²) in [6, 6.07) is 12.6. The molecule has 0 bridgehead atoms. The van der Waals surface area contributed by atoms with Crippen LogP contribution in [-0.4, -0.2) is 24.1 Å². The minimum Gasteiger partial charge on any atom is -0.399 e. The standard InChI is InChI=1S/C23H31N2S/c1-3-5-15-25(16-6-4-2)17-13-20(14-18-25)23-12-11-22(26-23)19-7-9-21(24)10-8-19/h7-14,17H,3-6,15-16,18,24H2,1-2H3/q+1. The number of nitrogens with two attached hydrogens (primary N) is 1. The molecule has 0 atom stereocenters. The Morgan fingerprint density at radius 2 is 1.58 bits per heavy atom. The topological polar surface area (TPSA) is 26.0 Å². The van der Waals surface area contributed by atoms with Crippen molar-refractivity contribution in [3.8, 4) is 10.4 Å². The largest absolute Gasteiger partial charge is 0.399 e. The highest BCUT2D eigenvalue weighted by Gasteiger charge is 2.25. The zero-order chi connectivity index (χ0) is 18.4. The summed E-state index contributed by atoms with van der Waals surface area (Å²) in [6.45, 7) is 8.22. The van der Waals surface area contributed by atoms with Gasteiger partial charge in [-0.25, -0.2) is 0 Å². The van der Waals surface area contributed by atoms with E-state index in [-0.39, 0.29) is 0 Å². The first-order valence-corrected chi connectivity index (χ1v) is 10.7. The van der Waals surface area contributed by atoms with Crippen LogP contribution in [0.3, 0.4) is 0 Å². The van der Waals surface area contributed by atoms with Crippen molar-refractivity contribution in [3.63, 3.8) is 0 Å². The van der Waals surface area contributed by atoms with Crippen LogP contribution in [0, 0.1) is 0 Å². The zero-order valence-electron chi connectivity index (χ0n) is 16.1. The van der Waals surface area contributed by atoms with Gasteiger partial charge in [-0.1, -0.05) is 38.8 Å². The third-order valence-corrected chi connectivity index (χ3v) is 6.43. The first-order valence-electron chi connectivity index (χ1n) is 9.87. The van der Waals surface area contributed by atoms with Crippen molar-refractivity contribution >= 4 is 22.6 Å². The summed E-state index contributed by atoms with van der Waals surface area (Å²) in [6.07, 6.45) is 12.4. The Labute approximate surface area is 162 Å². The van der Waals surface area contributed by atoms with Crippen molar-refractivity contribution in [3.05, 3.63) is 59.6 Å². The lowest BCUT2D eigenvalue weighted by Crippen LogP contribution is -2.45. The maximum Gasteiger partial charge on any atom is 0.102 e. The average Bonchev–Trinajstić information content (AvgIpc) is 3.16. The first kappa shape index (κ1) is 18.9. The number of hydrogen-bond acceptors (Lipinski definition) is 2. The number of anilines is 1. The van der Waals surface area contributed by atoms with Crippen LogP contribution in [0.5, 0.6) is 0 Å². The molecule has 2 aromatic rings. The number of quaternary nitrogens is 1. The molecule has 138 valence electrons. The molecule has 0 spiro atoms. The Hall–Kier alpha value is -1.84. The molecule has 2 N–H and O–H groups in total. The van der Waals surface area contributed by atoms with E-state index in [0.717, 1.165) is 16.7 Å². The number of allylic oxidation sites excluding steroid dienone is 2. The van der Waals surface area contributed by atoms with Gasteiger partial charge in [-0.2, -0.15) is 0 Å². The van der Waals surface area contributed by atoms with Crippen molar-refractivity contribution in [1.29, 1.82) is 0 Å². The Bertz CT molecular complexity index is 760. The normalized spacial score (nSPS) is 15.8. The number of nitrogens with zero attached hydrogens (tertiary/aromatic N) is 1. The van der Waals surface area contributed by atoms with Crippen molar-refractivity contribution in [2.75, 3.05) is 25.4 Å². The van der Waals surface area contributed by atoms with Gasteiger partial charge in [-0.05, 0) is 60.4 Å². The van der Waals surface area contributed by atoms with Gasteiger partial charge in [0.1, 0.15) is 6.54 Å². The van der Waals surface area contributed by atoms with E-state index in [1.165, 1.54) is 59.7 Å². The van der Waals surface area contributed by atoms with Gasteiger partial charge in [0.05, 0.1) is 19.3 Å². The number of benzene rings is 1. The first-order chi connectivity index (χ1) is 12.7. The van der Waals surface area contributed by atoms with Gasteiger partial charge < -0.3 is 5.73 Å². The maximum atomic E-state index is 5.80. The number of rotatable bonds is 8. The molecule has 0 saturated carbocycles. The minimum atomic E-state index is 0.816. The van der Waals surface area contributed by atoms with Gasteiger partial charge in [0.15, 0.2) is 0 Å². The molecule has 0 radical (unpaired) electrons. The van der Waals surface area contributed by atoms with Gasteiger partial charge in [0.25, 0.3) is 0 Å². The van der Waals surface area contributed by atoms with E-state index in [1.807, 2.05) is 23.5 Å². The fraction of sp³-hybridized carbons (Fsp3) is 0.391. The molecule has 0 unspecified atom stereocenters. The van der Waals surface area contributed by atoms with Crippen molar-refractivity contribution in [1.82, 2.24) is 0 Å². The molecule has 1 aliphatic heterocycles. The lowest BCUT2D eigenvalue weighted by atomic mass is 10.1. The van der Waals surface area contributed by atoms with Crippen LogP contribution in [0.2, 0.25) is 0 Å². The third-order valence-electron chi connectivity index (χ3n) is 5.24. The summed E-state index contributed by atoms with van der Waals surface area (Å²) in [5, 5.41) is 0. The molecular formula is C23H31N2S+. The van der Waals surface area contributed by atoms with E-state index < -0.39 is 0 Å². The molecule has 2 nitrogen and oxygen atoms in total. The van der Waals surface area contributed by atoms with Crippen molar-refractivity contribution in [2.45, 2.75) is 39.5 Å². The van der Waals surface area contributed by atoms with Crippen LogP contribution in [-0.2, 0) is 0 Å². The predicted molar refractivity (Wildman–Crippen MR) is 116 cm³/mol. The monoisotopic (exact) mass is 367 g/mol. The van der Waals surface area contributed by atoms with E-state index in [1.54, 1.807) is 0 Å². The van der Waals surface area contributed by atoms with E-state index in [2.05, 4.69) is 56.5 Å². The predicted octanol–water partition coefficient (Wildman–Crippen LogP) is 6.33. The summed E-state index contributed by atoms with van der Waals surface area (Å²) in [7, 11) is 0. The van der Waals surface area contributed by atoms with Gasteiger partial charge in [0.2, 0.25) is 0 Å². The molecule has 0 fully saturated rings. The summed E-state index contributed by atoms with van der Waals surface area (Å²) in [4.78, 5) is 2.66. The van der Waals surface area contributed by atoms with Gasteiger partial charge >= 0.3 is 0 Å². The fourth-order valence-corrected chi connectivity index (χ4v) is 4.55. The van der Waals surface area contributed by atoms with Crippen LogP contribution in [0.25, 0.3) is 16.0 Å². The Balaban J connectivity index is 1.74. The van der Waals surface area contributed by atoms with Crippen LogP contribution in [0.1, 0.15) is 44.4 Å². The Morgan fingerprint density at radius 3 is 2.15 bits per heavy atom. The molecule has 1 aromatic carbocycles. The van der Waals surface area contributed by atoms with Crippen LogP contribution >= 0.6 is 11.3 Å². The second-order valence-electron chi connectivity index (χ2n) is 7.32. The van der Waals surface area contributed by atoms with E-state index >= 15 is 0 Å². The van der Waals surface area contributed by atoms with Gasteiger partial charge in [0, 0.05) is 15.4 Å². The summed E-state index contributed by atoms with van der Waals surface area (Å²) >= 11 is 1.87. The third kappa shape index (κ3) is 4.46. The highest BCUT2D eigenvalue weighted by Crippen LogP contribution is 2.34. The number of thiophene rings is 1. The van der Waals surface area contributed by atoms with Gasteiger partial charge in [-0.15, -0.1) is 11.3 Å². The van der Waals surface area contributed by atoms with Crippen LogP contribution < -0.4 is 5.73 Å².